The van der Waals surface area contributed by atoms with Gasteiger partial charge in [0.25, 0.3) is 0 Å². The zero-order valence-electron chi connectivity index (χ0n) is 19.1. The summed E-state index contributed by atoms with van der Waals surface area (Å²) in [7, 11) is 0. The lowest BCUT2D eigenvalue weighted by molar-refractivity contribution is 0.0470. The van der Waals surface area contributed by atoms with Gasteiger partial charge in [-0.2, -0.15) is 0 Å². The third kappa shape index (κ3) is 5.34. The van der Waals surface area contributed by atoms with Crippen LogP contribution >= 0.6 is 0 Å². The van der Waals surface area contributed by atoms with Gasteiger partial charge in [0.1, 0.15) is 18.5 Å². The summed E-state index contributed by atoms with van der Waals surface area (Å²) in [5, 5.41) is 1.40. The molecule has 3 aromatic carbocycles. The number of esters is 1. The van der Waals surface area contributed by atoms with Gasteiger partial charge < -0.3 is 20.1 Å². The fourth-order valence-electron chi connectivity index (χ4n) is 4.32. The number of ether oxygens (including phenoxy) is 2. The molecule has 6 nitrogen and oxygen atoms in total. The summed E-state index contributed by atoms with van der Waals surface area (Å²) in [5.41, 5.74) is 6.87. The molecule has 2 N–H and O–H groups in total. The van der Waals surface area contributed by atoms with Gasteiger partial charge in [0.15, 0.2) is 0 Å². The molecule has 0 aliphatic carbocycles. The third-order valence-corrected chi connectivity index (χ3v) is 6.18. The number of likely N-dealkylation sites (tertiary alicyclic amines) is 1. The molecule has 0 spiro atoms. The van der Waals surface area contributed by atoms with E-state index in [1.54, 1.807) is 18.2 Å². The second kappa shape index (κ2) is 10.0. The molecule has 0 saturated carbocycles. The number of primary amides is 1. The van der Waals surface area contributed by atoms with Crippen LogP contribution in [-0.4, -0.2) is 42.0 Å². The Morgan fingerprint density at radius 1 is 1.03 bits per heavy atom. The van der Waals surface area contributed by atoms with Crippen molar-refractivity contribution in [3.05, 3.63) is 77.4 Å². The summed E-state index contributed by atoms with van der Waals surface area (Å²) < 4.78 is 11.7. The van der Waals surface area contributed by atoms with Crippen LogP contribution in [0.5, 0.6) is 5.75 Å². The van der Waals surface area contributed by atoms with Gasteiger partial charge in [0, 0.05) is 19.1 Å². The van der Waals surface area contributed by atoms with E-state index >= 15 is 0 Å². The monoisotopic (exact) mass is 446 g/mol. The molecule has 1 aliphatic heterocycles. The Morgan fingerprint density at radius 2 is 1.76 bits per heavy atom. The Kier molecular flexibility index (Phi) is 6.94. The maximum atomic E-state index is 12.7. The summed E-state index contributed by atoms with van der Waals surface area (Å²) in [5.74, 6) is -0.492. The fourth-order valence-corrected chi connectivity index (χ4v) is 4.32. The Hall–Kier alpha value is -3.38. The largest absolute Gasteiger partial charge is 0.490 e. The molecule has 6 heteroatoms. The fraction of sp³-hybridized carbons (Fsp3) is 0.333. The molecular formula is C27H30N2O4. The zero-order chi connectivity index (χ0) is 23.4. The maximum absolute atomic E-state index is 12.7. The molecule has 4 rings (SSSR count). The van der Waals surface area contributed by atoms with E-state index < -0.39 is 11.9 Å². The first kappa shape index (κ1) is 22.8. The highest BCUT2D eigenvalue weighted by Crippen LogP contribution is 2.29. The topological polar surface area (TPSA) is 81.9 Å². The van der Waals surface area contributed by atoms with Gasteiger partial charge in [-0.1, -0.05) is 36.4 Å². The van der Waals surface area contributed by atoms with Gasteiger partial charge in [0.2, 0.25) is 5.91 Å². The van der Waals surface area contributed by atoms with Gasteiger partial charge in [-0.05, 0) is 67.3 Å². The maximum Gasteiger partial charge on any atom is 0.339 e. The predicted octanol–water partition coefficient (Wildman–Crippen LogP) is 4.55. The minimum Gasteiger partial charge on any atom is -0.490 e. The number of hydrogen-bond acceptors (Lipinski definition) is 5. The smallest absolute Gasteiger partial charge is 0.339 e. The van der Waals surface area contributed by atoms with Gasteiger partial charge in [0.05, 0.1) is 11.1 Å². The van der Waals surface area contributed by atoms with Crippen LogP contribution < -0.4 is 10.5 Å². The summed E-state index contributed by atoms with van der Waals surface area (Å²) in [4.78, 5) is 27.5. The predicted molar refractivity (Wildman–Crippen MR) is 128 cm³/mol. The SMILES string of the molecule is CC(C)N1CCC(Oc2ccc3c(C(N)=O)c(C(=O)OCc4ccccc4)ccc3c2)CC1. The lowest BCUT2D eigenvalue weighted by Gasteiger charge is -2.34. The van der Waals surface area contributed by atoms with E-state index in [0.29, 0.717) is 11.4 Å². The van der Waals surface area contributed by atoms with E-state index in [2.05, 4.69) is 18.7 Å². The molecule has 172 valence electrons. The van der Waals surface area contributed by atoms with Crippen molar-refractivity contribution in [1.29, 1.82) is 0 Å². The lowest BCUT2D eigenvalue weighted by atomic mass is 9.98. The van der Waals surface area contributed by atoms with Crippen LogP contribution in [0.3, 0.4) is 0 Å². The van der Waals surface area contributed by atoms with Crippen molar-refractivity contribution in [1.82, 2.24) is 4.90 Å². The molecule has 0 atom stereocenters. The molecule has 1 amide bonds. The number of hydrogen-bond donors (Lipinski definition) is 1. The molecule has 1 fully saturated rings. The summed E-state index contributed by atoms with van der Waals surface area (Å²) >= 11 is 0. The number of rotatable bonds is 7. The van der Waals surface area contributed by atoms with Crippen LogP contribution in [0.15, 0.2) is 60.7 Å². The second-order valence-electron chi connectivity index (χ2n) is 8.74. The summed E-state index contributed by atoms with van der Waals surface area (Å²) in [6.07, 6.45) is 2.13. The van der Waals surface area contributed by atoms with Gasteiger partial charge in [-0.15, -0.1) is 0 Å². The van der Waals surface area contributed by atoms with E-state index in [4.69, 9.17) is 15.2 Å². The Balaban J connectivity index is 1.52. The van der Waals surface area contributed by atoms with Crippen molar-refractivity contribution < 1.29 is 19.1 Å². The van der Waals surface area contributed by atoms with Crippen LogP contribution in [0.4, 0.5) is 0 Å². The van der Waals surface area contributed by atoms with Crippen LogP contribution in [0.2, 0.25) is 0 Å². The number of nitrogens with two attached hydrogens (primary N) is 1. The normalized spacial score (nSPS) is 15.0. The molecule has 0 bridgehead atoms. The average molecular weight is 447 g/mol. The molecular weight excluding hydrogens is 416 g/mol. The number of benzene rings is 3. The number of carbonyl (C=O) groups is 2. The molecule has 1 saturated heterocycles. The van der Waals surface area contributed by atoms with E-state index in [1.165, 1.54) is 0 Å². The van der Waals surface area contributed by atoms with Gasteiger partial charge in [-0.25, -0.2) is 4.79 Å². The number of fused-ring (bicyclic) bond motifs is 1. The van der Waals surface area contributed by atoms with Crippen LogP contribution in [0.1, 0.15) is 53.0 Å². The number of nitrogens with zero attached hydrogens (tertiary/aromatic N) is 1. The van der Waals surface area contributed by atoms with Gasteiger partial charge >= 0.3 is 5.97 Å². The van der Waals surface area contributed by atoms with Crippen molar-refractivity contribution in [2.45, 2.75) is 45.4 Å². The number of amides is 1. The van der Waals surface area contributed by atoms with Crippen molar-refractivity contribution in [3.8, 4) is 5.75 Å². The number of carbonyl (C=O) groups excluding carboxylic acids is 2. The van der Waals surface area contributed by atoms with Gasteiger partial charge in [-0.3, -0.25) is 4.79 Å². The first-order chi connectivity index (χ1) is 15.9. The Morgan fingerprint density at radius 3 is 2.42 bits per heavy atom. The highest BCUT2D eigenvalue weighted by molar-refractivity contribution is 6.14. The molecule has 1 heterocycles. The quantitative estimate of drug-likeness (QED) is 0.539. The van der Waals surface area contributed by atoms with Crippen molar-refractivity contribution in [2.75, 3.05) is 13.1 Å². The molecule has 33 heavy (non-hydrogen) atoms. The van der Waals surface area contributed by atoms with Crippen molar-refractivity contribution in [3.63, 3.8) is 0 Å². The summed E-state index contributed by atoms with van der Waals surface area (Å²) in [6, 6.07) is 18.9. The van der Waals surface area contributed by atoms with E-state index in [0.717, 1.165) is 42.6 Å². The minimum atomic E-state index is -0.665. The molecule has 3 aromatic rings. The van der Waals surface area contributed by atoms with E-state index in [-0.39, 0.29) is 23.8 Å². The average Bonchev–Trinajstić information content (AvgIpc) is 2.82. The highest BCUT2D eigenvalue weighted by atomic mass is 16.5. The van der Waals surface area contributed by atoms with E-state index in [1.807, 2.05) is 42.5 Å². The van der Waals surface area contributed by atoms with Crippen molar-refractivity contribution >= 4 is 22.6 Å². The Labute approximate surface area is 194 Å². The van der Waals surface area contributed by atoms with Crippen LogP contribution in [0.25, 0.3) is 10.8 Å². The molecule has 0 aromatic heterocycles. The minimum absolute atomic E-state index is 0.123. The first-order valence-corrected chi connectivity index (χ1v) is 11.4. The zero-order valence-corrected chi connectivity index (χ0v) is 19.1. The molecule has 0 radical (unpaired) electrons. The van der Waals surface area contributed by atoms with Crippen LogP contribution in [-0.2, 0) is 11.3 Å². The molecule has 1 aliphatic rings. The highest BCUT2D eigenvalue weighted by Gasteiger charge is 2.23. The van der Waals surface area contributed by atoms with Crippen LogP contribution in [0, 0.1) is 0 Å². The van der Waals surface area contributed by atoms with Crippen molar-refractivity contribution in [2.24, 2.45) is 5.73 Å². The lowest BCUT2D eigenvalue weighted by Crippen LogP contribution is -2.41. The second-order valence-corrected chi connectivity index (χ2v) is 8.74. The first-order valence-electron chi connectivity index (χ1n) is 11.4. The standard InChI is InChI=1S/C27H30N2O4/c1-18(2)29-14-12-21(13-15-29)33-22-9-11-23-20(16-22)8-10-24(25(23)26(28)30)27(31)32-17-19-6-4-3-5-7-19/h3-11,16,18,21H,12-15,17H2,1-2H3,(H2,28,30). The Bertz CT molecular complexity index is 1140. The number of piperidine rings is 1. The molecule has 0 unspecified atom stereocenters. The van der Waals surface area contributed by atoms with E-state index in [9.17, 15) is 9.59 Å². The summed E-state index contributed by atoms with van der Waals surface area (Å²) in [6.45, 7) is 6.60. The third-order valence-electron chi connectivity index (χ3n) is 6.18.